The molecule has 2 unspecified atom stereocenters. The van der Waals surface area contributed by atoms with Gasteiger partial charge >= 0.3 is 6.09 Å². The summed E-state index contributed by atoms with van der Waals surface area (Å²) in [4.78, 5) is 41.1. The van der Waals surface area contributed by atoms with Gasteiger partial charge in [0.05, 0.1) is 6.61 Å². The van der Waals surface area contributed by atoms with Crippen LogP contribution in [-0.2, 0) is 20.9 Å². The fourth-order valence-corrected chi connectivity index (χ4v) is 3.86. The average Bonchev–Trinajstić information content (AvgIpc) is 3.68. The van der Waals surface area contributed by atoms with Crippen LogP contribution in [0.5, 0.6) is 0 Å². The summed E-state index contributed by atoms with van der Waals surface area (Å²) in [5.74, 6) is -0.899. The molecule has 8 heteroatoms. The first kappa shape index (κ1) is 26.9. The number of hydrogen-bond acceptors (Lipinski definition) is 5. The number of benzene rings is 2. The molecule has 2 aromatic rings. The van der Waals surface area contributed by atoms with Crippen molar-refractivity contribution in [2.24, 2.45) is 0 Å². The number of rotatable bonds is 10. The third-order valence-electron chi connectivity index (χ3n) is 5.66. The van der Waals surface area contributed by atoms with Gasteiger partial charge in [-0.05, 0) is 56.4 Å². The zero-order valence-corrected chi connectivity index (χ0v) is 21.1. The first-order valence-corrected chi connectivity index (χ1v) is 12.1. The topological polar surface area (TPSA) is 108 Å². The lowest BCUT2D eigenvalue weighted by Crippen LogP contribution is -2.55. The second kappa shape index (κ2) is 11.9. The van der Waals surface area contributed by atoms with Crippen LogP contribution >= 0.6 is 0 Å². The van der Waals surface area contributed by atoms with Gasteiger partial charge in [-0.15, -0.1) is 0 Å². The Hall–Kier alpha value is -3.65. The van der Waals surface area contributed by atoms with Crippen molar-refractivity contribution in [3.63, 3.8) is 0 Å². The minimum Gasteiger partial charge on any atom is -0.444 e. The maximum absolute atomic E-state index is 13.7. The molecular formula is C28H35N3O5. The van der Waals surface area contributed by atoms with Crippen LogP contribution in [0.3, 0.4) is 0 Å². The van der Waals surface area contributed by atoms with E-state index in [1.54, 1.807) is 32.9 Å². The van der Waals surface area contributed by atoms with E-state index >= 15 is 0 Å². The first-order valence-electron chi connectivity index (χ1n) is 12.1. The van der Waals surface area contributed by atoms with E-state index in [0.717, 1.165) is 24.0 Å². The summed E-state index contributed by atoms with van der Waals surface area (Å²) in [6, 6.07) is 14.4. The normalized spacial score (nSPS) is 14.8. The fourth-order valence-electron chi connectivity index (χ4n) is 3.86. The van der Waals surface area contributed by atoms with Crippen molar-refractivity contribution in [2.75, 3.05) is 6.61 Å². The van der Waals surface area contributed by atoms with Gasteiger partial charge in [-0.3, -0.25) is 9.59 Å². The Morgan fingerprint density at radius 3 is 2.42 bits per heavy atom. The van der Waals surface area contributed by atoms with Crippen LogP contribution in [0.4, 0.5) is 4.79 Å². The number of aliphatic hydroxyl groups is 1. The Labute approximate surface area is 212 Å². The SMILES string of the molecule is C=Cc1cccc(C(C(=O)NCc2ccccc2)N(C(=O)C(CO)NC(=O)OC(C)(C)C)C2CC2)c1. The number of aliphatic hydroxyl groups excluding tert-OH is 1. The van der Waals surface area contributed by atoms with Crippen LogP contribution in [0.2, 0.25) is 0 Å². The highest BCUT2D eigenvalue weighted by Gasteiger charge is 2.44. The van der Waals surface area contributed by atoms with Crippen molar-refractivity contribution in [1.82, 2.24) is 15.5 Å². The largest absolute Gasteiger partial charge is 0.444 e. The van der Waals surface area contributed by atoms with Gasteiger partial charge in [0.25, 0.3) is 0 Å². The van der Waals surface area contributed by atoms with E-state index in [1.807, 2.05) is 48.5 Å². The van der Waals surface area contributed by atoms with Gasteiger partial charge in [0.15, 0.2) is 0 Å². The van der Waals surface area contributed by atoms with Crippen LogP contribution < -0.4 is 10.6 Å². The molecule has 0 heterocycles. The lowest BCUT2D eigenvalue weighted by atomic mass is 10.00. The average molecular weight is 494 g/mol. The number of alkyl carbamates (subject to hydrolysis) is 1. The molecule has 3 amide bonds. The van der Waals surface area contributed by atoms with Gasteiger partial charge in [-0.2, -0.15) is 0 Å². The maximum atomic E-state index is 13.7. The Kier molecular flexibility index (Phi) is 8.88. The molecule has 192 valence electrons. The zero-order valence-electron chi connectivity index (χ0n) is 21.1. The van der Waals surface area contributed by atoms with Gasteiger partial charge in [0, 0.05) is 12.6 Å². The van der Waals surface area contributed by atoms with Crippen LogP contribution in [0.15, 0.2) is 61.2 Å². The molecule has 1 saturated carbocycles. The number of ether oxygens (including phenoxy) is 1. The number of carbonyl (C=O) groups is 3. The Morgan fingerprint density at radius 1 is 1.14 bits per heavy atom. The summed E-state index contributed by atoms with van der Waals surface area (Å²) in [5.41, 5.74) is 1.58. The summed E-state index contributed by atoms with van der Waals surface area (Å²) in [5, 5.41) is 15.4. The van der Waals surface area contributed by atoms with E-state index in [-0.39, 0.29) is 11.9 Å². The van der Waals surface area contributed by atoms with Crippen molar-refractivity contribution in [1.29, 1.82) is 0 Å². The Balaban J connectivity index is 1.91. The van der Waals surface area contributed by atoms with E-state index in [9.17, 15) is 19.5 Å². The van der Waals surface area contributed by atoms with Gasteiger partial charge in [0.2, 0.25) is 11.8 Å². The van der Waals surface area contributed by atoms with Crippen molar-refractivity contribution >= 4 is 24.0 Å². The maximum Gasteiger partial charge on any atom is 0.408 e. The summed E-state index contributed by atoms with van der Waals surface area (Å²) in [6.45, 7) is 8.59. The number of hydrogen-bond donors (Lipinski definition) is 3. The molecule has 1 aliphatic rings. The van der Waals surface area contributed by atoms with E-state index in [1.165, 1.54) is 4.90 Å². The summed E-state index contributed by atoms with van der Waals surface area (Å²) in [6.07, 6.45) is 2.30. The molecule has 3 rings (SSSR count). The molecule has 3 N–H and O–H groups in total. The molecule has 0 saturated heterocycles. The first-order chi connectivity index (χ1) is 17.1. The predicted octanol–water partition coefficient (Wildman–Crippen LogP) is 3.56. The molecule has 0 bridgehead atoms. The van der Waals surface area contributed by atoms with Gasteiger partial charge < -0.3 is 25.4 Å². The van der Waals surface area contributed by atoms with Gasteiger partial charge in [-0.25, -0.2) is 4.79 Å². The molecule has 1 fully saturated rings. The molecule has 0 aliphatic heterocycles. The second-order valence-electron chi connectivity index (χ2n) is 9.84. The lowest BCUT2D eigenvalue weighted by molar-refractivity contribution is -0.144. The molecule has 8 nitrogen and oxygen atoms in total. The van der Waals surface area contributed by atoms with Crippen molar-refractivity contribution < 1.29 is 24.2 Å². The standard InChI is InChI=1S/C28H35N3O5/c1-5-19-12-9-13-21(16-19)24(25(33)29-17-20-10-7-6-8-11-20)31(22-14-15-22)26(34)23(18-32)30-27(35)36-28(2,3)4/h5-13,16,22-24,32H,1,14-15,17-18H2,2-4H3,(H,29,33)(H,30,35). The van der Waals surface area contributed by atoms with E-state index in [0.29, 0.717) is 12.1 Å². The molecule has 0 aromatic heterocycles. The quantitative estimate of drug-likeness (QED) is 0.469. The Morgan fingerprint density at radius 2 is 1.83 bits per heavy atom. The van der Waals surface area contributed by atoms with Crippen LogP contribution in [-0.4, -0.2) is 52.2 Å². The molecule has 2 atom stereocenters. The number of carbonyl (C=O) groups excluding carboxylic acids is 3. The summed E-state index contributed by atoms with van der Waals surface area (Å²) >= 11 is 0. The number of amides is 3. The molecule has 1 aliphatic carbocycles. The minimum absolute atomic E-state index is 0.188. The highest BCUT2D eigenvalue weighted by atomic mass is 16.6. The minimum atomic E-state index is -1.26. The van der Waals surface area contributed by atoms with Crippen molar-refractivity contribution in [2.45, 2.75) is 63.9 Å². The van der Waals surface area contributed by atoms with Crippen LogP contribution in [0.25, 0.3) is 6.08 Å². The van der Waals surface area contributed by atoms with Crippen molar-refractivity contribution in [3.8, 4) is 0 Å². The zero-order chi connectivity index (χ0) is 26.3. The molecule has 0 spiro atoms. The molecule has 36 heavy (non-hydrogen) atoms. The fraction of sp³-hybridized carbons (Fsp3) is 0.393. The van der Waals surface area contributed by atoms with Gasteiger partial charge in [0.1, 0.15) is 17.7 Å². The predicted molar refractivity (Wildman–Crippen MR) is 138 cm³/mol. The van der Waals surface area contributed by atoms with Crippen LogP contribution in [0.1, 0.15) is 56.3 Å². The van der Waals surface area contributed by atoms with E-state index < -0.39 is 36.3 Å². The molecular weight excluding hydrogens is 458 g/mol. The highest BCUT2D eigenvalue weighted by Crippen LogP contribution is 2.36. The Bertz CT molecular complexity index is 1080. The third-order valence-corrected chi connectivity index (χ3v) is 5.66. The number of nitrogens with zero attached hydrogens (tertiary/aromatic N) is 1. The summed E-state index contributed by atoms with van der Waals surface area (Å²) in [7, 11) is 0. The number of nitrogens with one attached hydrogen (secondary N) is 2. The van der Waals surface area contributed by atoms with Gasteiger partial charge in [-0.1, -0.05) is 61.2 Å². The van der Waals surface area contributed by atoms with Crippen LogP contribution in [0, 0.1) is 0 Å². The second-order valence-corrected chi connectivity index (χ2v) is 9.84. The lowest BCUT2D eigenvalue weighted by Gasteiger charge is -2.34. The van der Waals surface area contributed by atoms with E-state index in [4.69, 9.17) is 4.74 Å². The summed E-state index contributed by atoms with van der Waals surface area (Å²) < 4.78 is 5.26. The smallest absolute Gasteiger partial charge is 0.408 e. The highest BCUT2D eigenvalue weighted by molar-refractivity contribution is 5.92. The van der Waals surface area contributed by atoms with Crippen molar-refractivity contribution in [3.05, 3.63) is 77.9 Å². The third kappa shape index (κ3) is 7.42. The molecule has 2 aromatic carbocycles. The molecule has 0 radical (unpaired) electrons. The monoisotopic (exact) mass is 493 g/mol. The van der Waals surface area contributed by atoms with E-state index in [2.05, 4.69) is 17.2 Å².